The van der Waals surface area contributed by atoms with Crippen molar-refractivity contribution in [1.82, 2.24) is 10.2 Å². The minimum atomic E-state index is -0.894. The standard InChI is InChI=1S/C28H33F2N3O3/c1-32-27(35)22-15-23(29)20(13-24(22)30)14-25(34)26-21(18-5-3-2-4-6-18)11-12-33(26)28(36)19-9-7-17(16-31)8-10-19/h2-6,13,15,17,19,21,26H,7-12,14,16,31H2,1H3,(H,32,35)/t17?,19?,21-,26+/m1/s1. The Bertz CT molecular complexity index is 1120. The number of halogens is 2. The summed E-state index contributed by atoms with van der Waals surface area (Å²) in [6, 6.07) is 10.5. The van der Waals surface area contributed by atoms with Crippen molar-refractivity contribution >= 4 is 17.6 Å². The first-order valence-electron chi connectivity index (χ1n) is 12.6. The quantitative estimate of drug-likeness (QED) is 0.612. The zero-order chi connectivity index (χ0) is 25.8. The molecule has 3 N–H and O–H groups in total. The molecule has 1 saturated carbocycles. The Morgan fingerprint density at radius 1 is 1.00 bits per heavy atom. The summed E-state index contributed by atoms with van der Waals surface area (Å²) in [4.78, 5) is 40.7. The molecular weight excluding hydrogens is 464 g/mol. The minimum absolute atomic E-state index is 0.0381. The maximum atomic E-state index is 14.8. The van der Waals surface area contributed by atoms with Crippen LogP contribution in [0.2, 0.25) is 0 Å². The SMILES string of the molecule is CNC(=O)c1cc(F)c(CC(=O)[C@@H]2[C@@H](c3ccccc3)CCN2C(=O)C2CCC(CN)CC2)cc1F. The molecule has 6 nitrogen and oxygen atoms in total. The van der Waals surface area contributed by atoms with Gasteiger partial charge in [0.15, 0.2) is 5.78 Å². The van der Waals surface area contributed by atoms with E-state index in [1.807, 2.05) is 30.3 Å². The predicted molar refractivity (Wildman–Crippen MR) is 132 cm³/mol. The van der Waals surface area contributed by atoms with Crippen LogP contribution in [-0.2, 0) is 16.0 Å². The van der Waals surface area contributed by atoms with E-state index >= 15 is 0 Å². The second kappa shape index (κ2) is 11.3. The average Bonchev–Trinajstić information content (AvgIpc) is 3.35. The molecule has 1 saturated heterocycles. The highest BCUT2D eigenvalue weighted by molar-refractivity contribution is 5.95. The third-order valence-electron chi connectivity index (χ3n) is 7.74. The molecule has 2 amide bonds. The van der Waals surface area contributed by atoms with E-state index in [0.29, 0.717) is 25.4 Å². The largest absolute Gasteiger partial charge is 0.355 e. The number of rotatable bonds is 7. The van der Waals surface area contributed by atoms with E-state index in [2.05, 4.69) is 5.32 Å². The second-order valence-electron chi connectivity index (χ2n) is 9.88. The molecule has 0 radical (unpaired) electrons. The zero-order valence-corrected chi connectivity index (χ0v) is 20.5. The Labute approximate surface area is 210 Å². The Kier molecular flexibility index (Phi) is 8.14. The number of nitrogens with two attached hydrogens (primary N) is 1. The summed E-state index contributed by atoms with van der Waals surface area (Å²) in [6.45, 7) is 1.06. The highest BCUT2D eigenvalue weighted by Crippen LogP contribution is 2.38. The lowest BCUT2D eigenvalue weighted by Gasteiger charge is -2.33. The molecule has 2 fully saturated rings. The second-order valence-corrected chi connectivity index (χ2v) is 9.88. The third kappa shape index (κ3) is 5.33. The number of carbonyl (C=O) groups excluding carboxylic acids is 3. The number of nitrogens with one attached hydrogen (secondary N) is 1. The molecule has 1 aliphatic carbocycles. The van der Waals surface area contributed by atoms with Gasteiger partial charge >= 0.3 is 0 Å². The minimum Gasteiger partial charge on any atom is -0.355 e. The van der Waals surface area contributed by atoms with Crippen molar-refractivity contribution in [1.29, 1.82) is 0 Å². The monoisotopic (exact) mass is 497 g/mol. The van der Waals surface area contributed by atoms with E-state index in [-0.39, 0.29) is 35.5 Å². The average molecular weight is 498 g/mol. The van der Waals surface area contributed by atoms with Gasteiger partial charge in [-0.2, -0.15) is 0 Å². The van der Waals surface area contributed by atoms with Crippen molar-refractivity contribution in [2.24, 2.45) is 17.6 Å². The van der Waals surface area contributed by atoms with E-state index in [9.17, 15) is 23.2 Å². The summed E-state index contributed by atoms with van der Waals surface area (Å²) in [6.07, 6.45) is 3.53. The summed E-state index contributed by atoms with van der Waals surface area (Å²) in [5, 5.41) is 2.27. The van der Waals surface area contributed by atoms with Crippen LogP contribution in [0.15, 0.2) is 42.5 Å². The van der Waals surface area contributed by atoms with E-state index in [1.54, 1.807) is 4.90 Å². The molecule has 0 bridgehead atoms. The molecule has 36 heavy (non-hydrogen) atoms. The number of carbonyl (C=O) groups is 3. The highest BCUT2D eigenvalue weighted by atomic mass is 19.1. The number of ketones is 1. The molecular formula is C28H33F2N3O3. The maximum absolute atomic E-state index is 14.8. The summed E-state index contributed by atoms with van der Waals surface area (Å²) < 4.78 is 29.4. The van der Waals surface area contributed by atoms with Crippen LogP contribution in [0.5, 0.6) is 0 Å². The first kappa shape index (κ1) is 25.9. The van der Waals surface area contributed by atoms with Crippen molar-refractivity contribution < 1.29 is 23.2 Å². The van der Waals surface area contributed by atoms with Crippen LogP contribution in [0.25, 0.3) is 0 Å². The molecule has 4 rings (SSSR count). The fourth-order valence-corrected chi connectivity index (χ4v) is 5.69. The first-order valence-corrected chi connectivity index (χ1v) is 12.6. The van der Waals surface area contributed by atoms with Crippen LogP contribution in [0.4, 0.5) is 8.78 Å². The summed E-state index contributed by atoms with van der Waals surface area (Å²) in [5.41, 5.74) is 6.20. The fourth-order valence-electron chi connectivity index (χ4n) is 5.69. The van der Waals surface area contributed by atoms with Gasteiger partial charge in [0.2, 0.25) is 5.91 Å². The van der Waals surface area contributed by atoms with Gasteiger partial charge in [-0.3, -0.25) is 14.4 Å². The van der Waals surface area contributed by atoms with Gasteiger partial charge < -0.3 is 16.0 Å². The lowest BCUT2D eigenvalue weighted by atomic mass is 9.81. The summed E-state index contributed by atoms with van der Waals surface area (Å²) in [5.74, 6) is -2.78. The van der Waals surface area contributed by atoms with Crippen LogP contribution in [0.3, 0.4) is 0 Å². The van der Waals surface area contributed by atoms with Crippen molar-refractivity contribution in [3.63, 3.8) is 0 Å². The van der Waals surface area contributed by atoms with Gasteiger partial charge in [-0.15, -0.1) is 0 Å². The van der Waals surface area contributed by atoms with Gasteiger partial charge in [-0.25, -0.2) is 8.78 Å². The maximum Gasteiger partial charge on any atom is 0.254 e. The lowest BCUT2D eigenvalue weighted by molar-refractivity contribution is -0.142. The molecule has 0 spiro atoms. The molecule has 1 aliphatic heterocycles. The summed E-state index contributed by atoms with van der Waals surface area (Å²) >= 11 is 0. The highest BCUT2D eigenvalue weighted by Gasteiger charge is 2.44. The van der Waals surface area contributed by atoms with Gasteiger partial charge in [0.25, 0.3) is 5.91 Å². The molecule has 8 heteroatoms. The zero-order valence-electron chi connectivity index (χ0n) is 20.5. The topological polar surface area (TPSA) is 92.5 Å². The van der Waals surface area contributed by atoms with Crippen molar-refractivity contribution in [3.8, 4) is 0 Å². The number of benzene rings is 2. The third-order valence-corrected chi connectivity index (χ3v) is 7.74. The van der Waals surface area contributed by atoms with Crippen LogP contribution in [0.1, 0.15) is 59.5 Å². The lowest BCUT2D eigenvalue weighted by Crippen LogP contribution is -2.46. The van der Waals surface area contributed by atoms with Crippen LogP contribution < -0.4 is 11.1 Å². The number of hydrogen-bond acceptors (Lipinski definition) is 4. The Morgan fingerprint density at radius 3 is 2.33 bits per heavy atom. The van der Waals surface area contributed by atoms with E-state index in [4.69, 9.17) is 5.73 Å². The van der Waals surface area contributed by atoms with Gasteiger partial charge in [-0.1, -0.05) is 30.3 Å². The smallest absolute Gasteiger partial charge is 0.254 e. The van der Waals surface area contributed by atoms with Crippen LogP contribution in [0, 0.1) is 23.5 Å². The van der Waals surface area contributed by atoms with Gasteiger partial charge in [-0.05, 0) is 67.8 Å². The Morgan fingerprint density at radius 2 is 1.69 bits per heavy atom. The first-order chi connectivity index (χ1) is 17.3. The molecule has 0 aromatic heterocycles. The number of likely N-dealkylation sites (tertiary alicyclic amines) is 1. The molecule has 192 valence electrons. The molecule has 2 aromatic rings. The molecule has 0 unspecified atom stereocenters. The fraction of sp³-hybridized carbons (Fsp3) is 0.464. The molecule has 2 aromatic carbocycles. The van der Waals surface area contributed by atoms with Crippen molar-refractivity contribution in [2.45, 2.75) is 50.5 Å². The normalized spacial score (nSPS) is 23.9. The Hall–Kier alpha value is -3.13. The molecule has 2 atom stereocenters. The van der Waals surface area contributed by atoms with Crippen LogP contribution >= 0.6 is 0 Å². The number of hydrogen-bond donors (Lipinski definition) is 2. The summed E-state index contributed by atoms with van der Waals surface area (Å²) in [7, 11) is 1.33. The van der Waals surface area contributed by atoms with Crippen LogP contribution in [-0.4, -0.2) is 48.7 Å². The molecule has 1 heterocycles. The van der Waals surface area contributed by atoms with Gasteiger partial charge in [0, 0.05) is 31.8 Å². The number of amides is 2. The number of Topliss-reactive ketones (excluding diaryl/α,β-unsaturated/α-hetero) is 1. The van der Waals surface area contributed by atoms with Gasteiger partial charge in [0.05, 0.1) is 11.6 Å². The molecule has 2 aliphatic rings. The van der Waals surface area contributed by atoms with E-state index in [0.717, 1.165) is 43.4 Å². The van der Waals surface area contributed by atoms with Gasteiger partial charge in [0.1, 0.15) is 11.6 Å². The predicted octanol–water partition coefficient (Wildman–Crippen LogP) is 3.59. The Balaban J connectivity index is 1.60. The van der Waals surface area contributed by atoms with Crippen molar-refractivity contribution in [2.75, 3.05) is 20.1 Å². The number of nitrogens with zero attached hydrogens (tertiary/aromatic N) is 1. The van der Waals surface area contributed by atoms with E-state index in [1.165, 1.54) is 7.05 Å². The van der Waals surface area contributed by atoms with E-state index < -0.39 is 29.1 Å². The van der Waals surface area contributed by atoms with Crippen molar-refractivity contribution in [3.05, 3.63) is 70.8 Å².